The van der Waals surface area contributed by atoms with Crippen molar-refractivity contribution in [2.24, 2.45) is 5.10 Å². The summed E-state index contributed by atoms with van der Waals surface area (Å²) in [5.41, 5.74) is 4.07. The topological polar surface area (TPSA) is 131 Å². The smallest absolute Gasteiger partial charge is 0.328 e. The van der Waals surface area contributed by atoms with E-state index >= 15 is 0 Å². The fourth-order valence-electron chi connectivity index (χ4n) is 3.00. The third-order valence-electron chi connectivity index (χ3n) is 4.81. The molecule has 0 spiro atoms. The molecule has 0 atom stereocenters. The summed E-state index contributed by atoms with van der Waals surface area (Å²) in [7, 11) is 5.90. The number of aromatic nitrogens is 4. The second-order valence-electron chi connectivity index (χ2n) is 7.22. The summed E-state index contributed by atoms with van der Waals surface area (Å²) < 4.78 is 32.8. The van der Waals surface area contributed by atoms with Gasteiger partial charge in [0.1, 0.15) is 11.5 Å². The van der Waals surface area contributed by atoms with Crippen LogP contribution in [0.4, 0.5) is 5.69 Å². The van der Waals surface area contributed by atoms with Gasteiger partial charge in [0, 0.05) is 5.02 Å². The van der Waals surface area contributed by atoms with Crippen LogP contribution in [-0.2, 0) is 0 Å². The molecule has 0 saturated carbocycles. The summed E-state index contributed by atoms with van der Waals surface area (Å²) in [5, 5.41) is 4.93. The van der Waals surface area contributed by atoms with Crippen molar-refractivity contribution in [1.29, 1.82) is 0 Å². The summed E-state index contributed by atoms with van der Waals surface area (Å²) in [6, 6.07) is 15.2. The maximum absolute atomic E-state index is 5.99. The number of benzene rings is 2. The Bertz CT molecular complexity index is 1300. The van der Waals surface area contributed by atoms with E-state index in [4.69, 9.17) is 40.0 Å². The van der Waals surface area contributed by atoms with E-state index in [0.29, 0.717) is 27.8 Å². The molecule has 0 amide bonds. The van der Waals surface area contributed by atoms with Gasteiger partial charge in [-0.1, -0.05) is 17.7 Å². The van der Waals surface area contributed by atoms with Crippen LogP contribution >= 0.6 is 11.6 Å². The van der Waals surface area contributed by atoms with Crippen LogP contribution in [0.2, 0.25) is 5.02 Å². The number of rotatable bonds is 11. The van der Waals surface area contributed by atoms with Gasteiger partial charge >= 0.3 is 12.0 Å². The molecule has 0 unspecified atom stereocenters. The monoisotopic (exact) mass is 538 g/mol. The lowest BCUT2D eigenvalue weighted by Crippen LogP contribution is -2.03. The molecule has 2 heterocycles. The first-order valence-electron chi connectivity index (χ1n) is 11.0. The number of halogens is 1. The number of hydrogen-bond acceptors (Lipinski definition) is 12. The Balaban J connectivity index is 1.72. The number of nitrogens with one attached hydrogen (secondary N) is 1. The number of nitrogens with zero attached hydrogens (tertiary/aromatic N) is 5. The predicted octanol–water partition coefficient (Wildman–Crippen LogP) is 4.99. The Morgan fingerprint density at radius 3 is 1.55 bits per heavy atom. The van der Waals surface area contributed by atoms with Gasteiger partial charge in [-0.2, -0.15) is 25.0 Å². The summed E-state index contributed by atoms with van der Waals surface area (Å²) in [4.78, 5) is 16.9. The SMILES string of the molecule is COc1cc(OC)nc(Oc2cccc(Oc3nc(OC)cc(OC)n3)c2C=NNc2ccc(Cl)cc2)n1. The van der Waals surface area contributed by atoms with Crippen LogP contribution in [0, 0.1) is 0 Å². The molecule has 0 aliphatic carbocycles. The van der Waals surface area contributed by atoms with Crippen molar-refractivity contribution in [3.63, 3.8) is 0 Å². The largest absolute Gasteiger partial charge is 0.481 e. The number of anilines is 1. The second kappa shape index (κ2) is 12.4. The molecular weight excluding hydrogens is 516 g/mol. The molecule has 2 aromatic carbocycles. The molecular formula is C25H23ClN6O6. The minimum atomic E-state index is -0.0158. The lowest BCUT2D eigenvalue weighted by Gasteiger charge is -2.13. The van der Waals surface area contributed by atoms with Gasteiger partial charge in [0.25, 0.3) is 0 Å². The third kappa shape index (κ3) is 6.68. The molecule has 0 aliphatic heterocycles. The van der Waals surface area contributed by atoms with Crippen molar-refractivity contribution < 1.29 is 28.4 Å². The highest BCUT2D eigenvalue weighted by atomic mass is 35.5. The summed E-state index contributed by atoms with van der Waals surface area (Å²) in [5.74, 6) is 1.67. The van der Waals surface area contributed by atoms with E-state index in [-0.39, 0.29) is 35.5 Å². The van der Waals surface area contributed by atoms with E-state index in [0.717, 1.165) is 0 Å². The maximum atomic E-state index is 5.99. The van der Waals surface area contributed by atoms with Crippen LogP contribution in [0.25, 0.3) is 0 Å². The lowest BCUT2D eigenvalue weighted by atomic mass is 10.2. The van der Waals surface area contributed by atoms with Crippen LogP contribution in [0.1, 0.15) is 5.56 Å². The number of hydrazone groups is 1. The quantitative estimate of drug-likeness (QED) is 0.205. The standard InChI is InChI=1S/C25H23ClN6O6/c1-33-20-12-21(34-2)29-24(28-20)37-18-6-5-7-19(38-25-30-22(35-3)13-23(31-25)36-4)17(18)14-27-32-16-10-8-15(26)9-11-16/h5-14,32H,1-4H3. The van der Waals surface area contributed by atoms with Gasteiger partial charge in [-0.3, -0.25) is 5.43 Å². The second-order valence-corrected chi connectivity index (χ2v) is 7.66. The summed E-state index contributed by atoms with van der Waals surface area (Å²) >= 11 is 5.96. The molecule has 1 N–H and O–H groups in total. The van der Waals surface area contributed by atoms with Crippen LogP contribution in [0.5, 0.6) is 47.0 Å². The van der Waals surface area contributed by atoms with Crippen LogP contribution < -0.4 is 33.8 Å². The zero-order valence-electron chi connectivity index (χ0n) is 20.8. The Kier molecular flexibility index (Phi) is 8.57. The minimum Gasteiger partial charge on any atom is -0.481 e. The zero-order chi connectivity index (χ0) is 26.9. The molecule has 0 aliphatic rings. The predicted molar refractivity (Wildman–Crippen MR) is 140 cm³/mol. The Labute approximate surface area is 223 Å². The van der Waals surface area contributed by atoms with Gasteiger partial charge < -0.3 is 28.4 Å². The Hall–Kier alpha value is -4.84. The Morgan fingerprint density at radius 2 is 1.13 bits per heavy atom. The van der Waals surface area contributed by atoms with E-state index in [1.165, 1.54) is 46.8 Å². The van der Waals surface area contributed by atoms with Crippen LogP contribution in [0.15, 0.2) is 59.7 Å². The molecule has 0 saturated heterocycles. The average Bonchev–Trinajstić information content (AvgIpc) is 2.94. The number of methoxy groups -OCH3 is 4. The molecule has 2 aromatic heterocycles. The normalized spacial score (nSPS) is 10.7. The van der Waals surface area contributed by atoms with Gasteiger partial charge in [-0.05, 0) is 36.4 Å². The zero-order valence-corrected chi connectivity index (χ0v) is 21.6. The molecule has 0 bridgehead atoms. The van der Waals surface area contributed by atoms with Crippen molar-refractivity contribution in [1.82, 2.24) is 19.9 Å². The molecule has 196 valence electrons. The van der Waals surface area contributed by atoms with Crippen molar-refractivity contribution in [3.05, 3.63) is 65.2 Å². The van der Waals surface area contributed by atoms with E-state index < -0.39 is 0 Å². The molecule has 38 heavy (non-hydrogen) atoms. The molecule has 0 fully saturated rings. The van der Waals surface area contributed by atoms with Crippen molar-refractivity contribution in [3.8, 4) is 47.0 Å². The molecule has 4 rings (SSSR count). The lowest BCUT2D eigenvalue weighted by molar-refractivity contribution is 0.344. The van der Waals surface area contributed by atoms with Crippen molar-refractivity contribution in [2.45, 2.75) is 0 Å². The first-order valence-corrected chi connectivity index (χ1v) is 11.4. The maximum Gasteiger partial charge on any atom is 0.328 e. The summed E-state index contributed by atoms with van der Waals surface area (Å²) in [6.45, 7) is 0. The number of ether oxygens (including phenoxy) is 6. The molecule has 0 radical (unpaired) electrons. The highest BCUT2D eigenvalue weighted by Gasteiger charge is 2.16. The van der Waals surface area contributed by atoms with E-state index in [1.807, 2.05) is 0 Å². The Morgan fingerprint density at radius 1 is 0.684 bits per heavy atom. The van der Waals surface area contributed by atoms with E-state index in [1.54, 1.807) is 42.5 Å². The highest BCUT2D eigenvalue weighted by molar-refractivity contribution is 6.30. The fourth-order valence-corrected chi connectivity index (χ4v) is 3.12. The van der Waals surface area contributed by atoms with Crippen molar-refractivity contribution in [2.75, 3.05) is 33.9 Å². The number of hydrogen-bond donors (Lipinski definition) is 1. The molecule has 4 aromatic rings. The van der Waals surface area contributed by atoms with Gasteiger partial charge in [0.2, 0.25) is 23.5 Å². The fraction of sp³-hybridized carbons (Fsp3) is 0.160. The first-order chi connectivity index (χ1) is 18.5. The summed E-state index contributed by atoms with van der Waals surface area (Å²) in [6.07, 6.45) is 1.51. The van der Waals surface area contributed by atoms with Crippen LogP contribution in [-0.4, -0.2) is 54.6 Å². The third-order valence-corrected chi connectivity index (χ3v) is 5.07. The molecule has 12 nitrogen and oxygen atoms in total. The van der Waals surface area contributed by atoms with E-state index in [2.05, 4.69) is 30.5 Å². The van der Waals surface area contributed by atoms with Crippen molar-refractivity contribution >= 4 is 23.5 Å². The molecule has 13 heteroatoms. The van der Waals surface area contributed by atoms with Gasteiger partial charge in [-0.25, -0.2) is 0 Å². The van der Waals surface area contributed by atoms with Gasteiger partial charge in [0.05, 0.1) is 58.0 Å². The van der Waals surface area contributed by atoms with Crippen LogP contribution in [0.3, 0.4) is 0 Å². The average molecular weight is 539 g/mol. The minimum absolute atomic E-state index is 0.0158. The highest BCUT2D eigenvalue weighted by Crippen LogP contribution is 2.34. The van der Waals surface area contributed by atoms with Gasteiger partial charge in [0.15, 0.2) is 0 Å². The first kappa shape index (κ1) is 26.2. The van der Waals surface area contributed by atoms with Gasteiger partial charge in [-0.15, -0.1) is 0 Å². The van der Waals surface area contributed by atoms with E-state index in [9.17, 15) is 0 Å².